The van der Waals surface area contributed by atoms with Gasteiger partial charge in [0.15, 0.2) is 0 Å². The van der Waals surface area contributed by atoms with Crippen molar-refractivity contribution < 1.29 is 15.7 Å². The molecule has 0 radical (unpaired) electrons. The van der Waals surface area contributed by atoms with E-state index in [0.29, 0.717) is 0 Å². The lowest BCUT2D eigenvalue weighted by molar-refractivity contribution is -0.117. The number of halogens is 1. The molecule has 0 atom stereocenters. The van der Waals surface area contributed by atoms with Crippen LogP contribution in [0.5, 0.6) is 0 Å². The lowest BCUT2D eigenvalue weighted by Crippen LogP contribution is -2.47. The molecular formula is C7H12INO4S. The van der Waals surface area contributed by atoms with Crippen LogP contribution in [-0.4, -0.2) is 25.6 Å². The van der Waals surface area contributed by atoms with Crippen LogP contribution in [0.15, 0.2) is 12.7 Å². The van der Waals surface area contributed by atoms with E-state index in [9.17, 15) is 13.2 Å². The molecule has 0 aliphatic heterocycles. The van der Waals surface area contributed by atoms with E-state index in [2.05, 4.69) is 14.4 Å². The molecule has 0 heterocycles. The van der Waals surface area contributed by atoms with Gasteiger partial charge in [-0.2, -0.15) is 10.9 Å². The van der Waals surface area contributed by atoms with Gasteiger partial charge >= 0.3 is 0 Å². The van der Waals surface area contributed by atoms with Crippen molar-refractivity contribution in [3.05, 3.63) is 12.7 Å². The molecule has 7 heteroatoms. The largest absolute Gasteiger partial charge is 0.347 e. The van der Waals surface area contributed by atoms with Gasteiger partial charge in [0.05, 0.1) is 11.3 Å². The predicted octanol–water partition coefficient (Wildman–Crippen LogP) is 0.764. The zero-order valence-corrected chi connectivity index (χ0v) is 10.9. The van der Waals surface area contributed by atoms with Gasteiger partial charge in [-0.05, 0) is 19.9 Å². The predicted molar refractivity (Wildman–Crippen MR) is 61.3 cm³/mol. The molecule has 0 aliphatic rings. The fraction of sp³-hybridized carbons (Fsp3) is 0.571. The Morgan fingerprint density at radius 3 is 2.50 bits per heavy atom. The number of carbonyl (C=O) groups excluding carboxylic acids is 1. The maximum absolute atomic E-state index is 11.1. The van der Waals surface area contributed by atoms with Crippen molar-refractivity contribution in [3.63, 3.8) is 0 Å². The van der Waals surface area contributed by atoms with Gasteiger partial charge in [-0.3, -0.25) is 4.79 Å². The molecule has 0 saturated heterocycles. The average molecular weight is 333 g/mol. The van der Waals surface area contributed by atoms with E-state index in [1.54, 1.807) is 13.8 Å². The van der Waals surface area contributed by atoms with Gasteiger partial charge in [-0.25, -0.2) is 0 Å². The number of amides is 1. The Morgan fingerprint density at radius 2 is 2.14 bits per heavy atom. The lowest BCUT2D eigenvalue weighted by Gasteiger charge is -2.24. The van der Waals surface area contributed by atoms with Gasteiger partial charge < -0.3 is 5.32 Å². The molecular weight excluding hydrogens is 321 g/mol. The molecule has 0 rings (SSSR count). The Labute approximate surface area is 97.7 Å². The van der Waals surface area contributed by atoms with Gasteiger partial charge in [0.2, 0.25) is 5.91 Å². The van der Waals surface area contributed by atoms with E-state index in [1.165, 1.54) is 23.0 Å². The first kappa shape index (κ1) is 13.8. The average Bonchev–Trinajstić information content (AvgIpc) is 2.01. The Balaban J connectivity index is 4.49. The van der Waals surface area contributed by atoms with E-state index >= 15 is 0 Å². The monoisotopic (exact) mass is 333 g/mol. The molecule has 0 fully saturated rings. The summed E-state index contributed by atoms with van der Waals surface area (Å²) < 4.78 is 26.4. The van der Waals surface area contributed by atoms with Gasteiger partial charge in [-0.1, -0.05) is 6.58 Å². The molecule has 0 aromatic carbocycles. The second-order valence-corrected chi connectivity index (χ2v) is 5.95. The van der Waals surface area contributed by atoms with Gasteiger partial charge in [0.25, 0.3) is 10.1 Å². The van der Waals surface area contributed by atoms with Crippen LogP contribution < -0.4 is 5.32 Å². The van der Waals surface area contributed by atoms with Crippen LogP contribution in [0.3, 0.4) is 0 Å². The van der Waals surface area contributed by atoms with Crippen LogP contribution >= 0.6 is 23.0 Å². The Hall–Kier alpha value is -0.150. The summed E-state index contributed by atoms with van der Waals surface area (Å²) in [4.78, 5) is 10.9. The minimum absolute atomic E-state index is 0.289. The first-order valence-corrected chi connectivity index (χ1v) is 6.16. The van der Waals surface area contributed by atoms with Gasteiger partial charge in [0, 0.05) is 0 Å². The standard InChI is InChI=1S/C7H12INO4S/c1-4-6(10)9-7(2,3)5-14(11,12)13-8/h4H,1,5H2,2-3H3,(H,9,10). The Morgan fingerprint density at radius 1 is 1.64 bits per heavy atom. The van der Waals surface area contributed by atoms with Crippen LogP contribution in [0, 0.1) is 0 Å². The van der Waals surface area contributed by atoms with Crippen LogP contribution in [0.2, 0.25) is 0 Å². The van der Waals surface area contributed by atoms with Crippen molar-refractivity contribution in [3.8, 4) is 0 Å². The number of hydrogen-bond donors (Lipinski definition) is 1. The topological polar surface area (TPSA) is 72.5 Å². The summed E-state index contributed by atoms with van der Waals surface area (Å²) in [7, 11) is -3.59. The molecule has 1 amide bonds. The minimum atomic E-state index is -3.59. The Kier molecular flexibility index (Phi) is 5.02. The van der Waals surface area contributed by atoms with E-state index < -0.39 is 21.6 Å². The maximum atomic E-state index is 11.1. The molecule has 0 aliphatic carbocycles. The molecule has 82 valence electrons. The van der Waals surface area contributed by atoms with E-state index in [1.807, 2.05) is 0 Å². The third kappa shape index (κ3) is 5.55. The van der Waals surface area contributed by atoms with Gasteiger partial charge in [-0.15, -0.1) is 0 Å². The summed E-state index contributed by atoms with van der Waals surface area (Å²) in [5.74, 6) is -0.707. The Bertz CT molecular complexity index is 323. The third-order valence-electron chi connectivity index (χ3n) is 1.28. The third-order valence-corrected chi connectivity index (χ3v) is 4.19. The van der Waals surface area contributed by atoms with Crippen molar-refractivity contribution >= 4 is 39.0 Å². The van der Waals surface area contributed by atoms with E-state index in [4.69, 9.17) is 0 Å². The molecule has 14 heavy (non-hydrogen) atoms. The highest BCUT2D eigenvalue weighted by atomic mass is 127. The summed E-state index contributed by atoms with van der Waals surface area (Å²) in [6.07, 6.45) is 1.08. The van der Waals surface area contributed by atoms with Crippen LogP contribution in [0.1, 0.15) is 13.8 Å². The quantitative estimate of drug-likeness (QED) is 0.596. The molecule has 0 saturated carbocycles. The van der Waals surface area contributed by atoms with Crippen molar-refractivity contribution in [1.82, 2.24) is 5.32 Å². The first-order valence-electron chi connectivity index (χ1n) is 3.70. The zero-order valence-electron chi connectivity index (χ0n) is 7.91. The van der Waals surface area contributed by atoms with E-state index in [0.717, 1.165) is 6.08 Å². The van der Waals surface area contributed by atoms with Crippen molar-refractivity contribution in [2.45, 2.75) is 19.4 Å². The highest BCUT2D eigenvalue weighted by Gasteiger charge is 2.27. The van der Waals surface area contributed by atoms with Crippen LogP contribution in [0.25, 0.3) is 0 Å². The molecule has 0 bridgehead atoms. The highest BCUT2D eigenvalue weighted by Crippen LogP contribution is 2.10. The van der Waals surface area contributed by atoms with Crippen LogP contribution in [-0.2, 0) is 17.4 Å². The summed E-state index contributed by atoms with van der Waals surface area (Å²) in [6, 6.07) is 0. The minimum Gasteiger partial charge on any atom is -0.347 e. The van der Waals surface area contributed by atoms with Crippen molar-refractivity contribution in [1.29, 1.82) is 0 Å². The lowest BCUT2D eigenvalue weighted by atomic mass is 10.1. The molecule has 0 spiro atoms. The molecule has 0 aromatic rings. The summed E-state index contributed by atoms with van der Waals surface area (Å²) in [5.41, 5.74) is -0.880. The maximum Gasteiger partial charge on any atom is 0.278 e. The summed E-state index contributed by atoms with van der Waals surface area (Å²) in [5, 5.41) is 2.48. The zero-order chi connectivity index (χ0) is 11.4. The van der Waals surface area contributed by atoms with E-state index in [-0.39, 0.29) is 5.75 Å². The summed E-state index contributed by atoms with van der Waals surface area (Å²) >= 11 is 1.29. The molecule has 0 aromatic heterocycles. The SMILES string of the molecule is C=CC(=O)NC(C)(C)CS(=O)(=O)OI. The number of hydrogen-bond acceptors (Lipinski definition) is 4. The van der Waals surface area contributed by atoms with Gasteiger partial charge in [0.1, 0.15) is 23.0 Å². The molecule has 5 nitrogen and oxygen atoms in total. The van der Waals surface area contributed by atoms with Crippen molar-refractivity contribution in [2.24, 2.45) is 0 Å². The second-order valence-electron chi connectivity index (χ2n) is 3.34. The molecule has 0 unspecified atom stereocenters. The molecule has 1 N–H and O–H groups in total. The highest BCUT2D eigenvalue weighted by molar-refractivity contribution is 14.1. The summed E-state index contributed by atoms with van der Waals surface area (Å²) in [6.45, 7) is 6.44. The smallest absolute Gasteiger partial charge is 0.278 e. The second kappa shape index (κ2) is 5.08. The fourth-order valence-corrected chi connectivity index (χ4v) is 2.27. The number of carbonyl (C=O) groups is 1. The number of nitrogens with one attached hydrogen (secondary N) is 1. The van der Waals surface area contributed by atoms with Crippen molar-refractivity contribution in [2.75, 3.05) is 5.75 Å². The number of rotatable bonds is 5. The fourth-order valence-electron chi connectivity index (χ4n) is 0.885. The normalized spacial score (nSPS) is 12.2. The van der Waals surface area contributed by atoms with Crippen LogP contribution in [0.4, 0.5) is 0 Å². The first-order chi connectivity index (χ1) is 6.22.